The Balaban J connectivity index is 1.97. The Morgan fingerprint density at radius 2 is 2.00 bits per heavy atom. The second-order valence-electron chi connectivity index (χ2n) is 5.06. The molecule has 1 fully saturated rings. The van der Waals surface area contributed by atoms with Gasteiger partial charge in [-0.25, -0.2) is 0 Å². The van der Waals surface area contributed by atoms with Crippen molar-refractivity contribution in [3.05, 3.63) is 35.4 Å². The van der Waals surface area contributed by atoms with E-state index in [0.717, 1.165) is 23.6 Å². The lowest BCUT2D eigenvalue weighted by Crippen LogP contribution is -2.29. The molecule has 1 saturated carbocycles. The second kappa shape index (κ2) is 4.88. The molecule has 92 valence electrons. The summed E-state index contributed by atoms with van der Waals surface area (Å²) in [4.78, 5) is 13.9. The van der Waals surface area contributed by atoms with Gasteiger partial charge in [0.15, 0.2) is 0 Å². The van der Waals surface area contributed by atoms with E-state index in [9.17, 15) is 4.79 Å². The van der Waals surface area contributed by atoms with Gasteiger partial charge in [0.25, 0.3) is 5.91 Å². The van der Waals surface area contributed by atoms with Crippen LogP contribution in [-0.2, 0) is 6.54 Å². The Labute approximate surface area is 103 Å². The maximum absolute atomic E-state index is 12.1. The van der Waals surface area contributed by atoms with Gasteiger partial charge in [-0.15, -0.1) is 0 Å². The minimum Gasteiger partial charge on any atom is -0.341 e. The number of amides is 1. The van der Waals surface area contributed by atoms with Crippen molar-refractivity contribution in [1.82, 2.24) is 4.90 Å². The normalized spacial score (nSPS) is 22.3. The molecule has 1 aromatic carbocycles. The summed E-state index contributed by atoms with van der Waals surface area (Å²) < 4.78 is 0. The highest BCUT2D eigenvalue weighted by molar-refractivity contribution is 5.94. The highest BCUT2D eigenvalue weighted by atomic mass is 16.2. The van der Waals surface area contributed by atoms with Gasteiger partial charge in [0, 0.05) is 25.7 Å². The zero-order valence-electron chi connectivity index (χ0n) is 10.5. The van der Waals surface area contributed by atoms with Gasteiger partial charge in [0.1, 0.15) is 0 Å². The number of nitrogens with zero attached hydrogens (tertiary/aromatic N) is 1. The molecule has 1 aromatic rings. The van der Waals surface area contributed by atoms with E-state index < -0.39 is 0 Å². The summed E-state index contributed by atoms with van der Waals surface area (Å²) in [7, 11) is 1.88. The molecule has 2 rings (SSSR count). The molecule has 0 heterocycles. The van der Waals surface area contributed by atoms with Crippen LogP contribution in [0.4, 0.5) is 0 Å². The number of carbonyl (C=O) groups excluding carboxylic acids is 1. The average molecular weight is 232 g/mol. The molecule has 1 aliphatic rings. The van der Waals surface area contributed by atoms with Crippen LogP contribution < -0.4 is 5.73 Å². The van der Waals surface area contributed by atoms with Crippen LogP contribution in [0.3, 0.4) is 0 Å². The molecule has 0 aliphatic heterocycles. The van der Waals surface area contributed by atoms with E-state index >= 15 is 0 Å². The van der Waals surface area contributed by atoms with Crippen molar-refractivity contribution in [2.75, 3.05) is 13.6 Å². The molecule has 1 aliphatic carbocycles. The SMILES string of the molecule is CC1CC1CN(C)C(=O)c1ccc(CN)cc1. The minimum atomic E-state index is 0.104. The molecule has 0 radical (unpaired) electrons. The predicted octanol–water partition coefficient (Wildman–Crippen LogP) is 1.87. The zero-order chi connectivity index (χ0) is 12.4. The average Bonchev–Trinajstić information content (AvgIpc) is 3.04. The molecule has 0 saturated heterocycles. The van der Waals surface area contributed by atoms with E-state index in [2.05, 4.69) is 6.92 Å². The van der Waals surface area contributed by atoms with Crippen LogP contribution in [0.25, 0.3) is 0 Å². The van der Waals surface area contributed by atoms with Crippen molar-refractivity contribution >= 4 is 5.91 Å². The zero-order valence-corrected chi connectivity index (χ0v) is 10.5. The third-order valence-electron chi connectivity index (χ3n) is 3.57. The van der Waals surface area contributed by atoms with E-state index in [1.54, 1.807) is 0 Å². The van der Waals surface area contributed by atoms with Crippen LogP contribution in [-0.4, -0.2) is 24.4 Å². The standard InChI is InChI=1S/C14H20N2O/c1-10-7-13(10)9-16(2)14(17)12-5-3-11(8-15)4-6-12/h3-6,10,13H,7-9,15H2,1-2H3. The first-order chi connectivity index (χ1) is 8.11. The monoisotopic (exact) mass is 232 g/mol. The van der Waals surface area contributed by atoms with Gasteiger partial charge >= 0.3 is 0 Å². The van der Waals surface area contributed by atoms with Crippen LogP contribution in [0.2, 0.25) is 0 Å². The summed E-state index contributed by atoms with van der Waals surface area (Å²) in [5.41, 5.74) is 7.33. The lowest BCUT2D eigenvalue weighted by atomic mass is 10.1. The first-order valence-corrected chi connectivity index (χ1v) is 6.16. The van der Waals surface area contributed by atoms with Gasteiger partial charge in [-0.1, -0.05) is 19.1 Å². The molecule has 1 amide bonds. The lowest BCUT2D eigenvalue weighted by Gasteiger charge is -2.17. The fraction of sp³-hybridized carbons (Fsp3) is 0.500. The molecule has 2 N–H and O–H groups in total. The third kappa shape index (κ3) is 2.86. The number of benzene rings is 1. The highest BCUT2D eigenvalue weighted by Gasteiger charge is 2.34. The summed E-state index contributed by atoms with van der Waals surface area (Å²) in [5.74, 6) is 1.59. The summed E-state index contributed by atoms with van der Waals surface area (Å²) >= 11 is 0. The van der Waals surface area contributed by atoms with E-state index in [1.165, 1.54) is 6.42 Å². The summed E-state index contributed by atoms with van der Waals surface area (Å²) in [6.07, 6.45) is 1.25. The van der Waals surface area contributed by atoms with Crippen molar-refractivity contribution < 1.29 is 4.79 Å². The second-order valence-corrected chi connectivity index (χ2v) is 5.06. The molecule has 3 nitrogen and oxygen atoms in total. The van der Waals surface area contributed by atoms with Crippen LogP contribution in [0.1, 0.15) is 29.3 Å². The van der Waals surface area contributed by atoms with Gasteiger partial charge in [0.05, 0.1) is 0 Å². The number of hydrogen-bond acceptors (Lipinski definition) is 2. The first kappa shape index (κ1) is 12.1. The van der Waals surface area contributed by atoms with Crippen molar-refractivity contribution in [3.8, 4) is 0 Å². The van der Waals surface area contributed by atoms with Crippen LogP contribution in [0.5, 0.6) is 0 Å². The Morgan fingerprint density at radius 1 is 1.41 bits per heavy atom. The highest BCUT2D eigenvalue weighted by Crippen LogP contribution is 2.38. The van der Waals surface area contributed by atoms with E-state index in [4.69, 9.17) is 5.73 Å². The van der Waals surface area contributed by atoms with Crippen molar-refractivity contribution in [3.63, 3.8) is 0 Å². The molecule has 0 aromatic heterocycles. The largest absolute Gasteiger partial charge is 0.341 e. The molecule has 0 spiro atoms. The fourth-order valence-corrected chi connectivity index (χ4v) is 2.09. The molecule has 3 heteroatoms. The quantitative estimate of drug-likeness (QED) is 0.861. The minimum absolute atomic E-state index is 0.104. The fourth-order valence-electron chi connectivity index (χ4n) is 2.09. The summed E-state index contributed by atoms with van der Waals surface area (Å²) in [5, 5.41) is 0. The molecule has 2 unspecified atom stereocenters. The van der Waals surface area contributed by atoms with E-state index in [-0.39, 0.29) is 5.91 Å². The molecular formula is C14H20N2O. The molecular weight excluding hydrogens is 212 g/mol. The Hall–Kier alpha value is -1.35. The number of carbonyl (C=O) groups is 1. The van der Waals surface area contributed by atoms with Crippen LogP contribution in [0, 0.1) is 11.8 Å². The van der Waals surface area contributed by atoms with Crippen LogP contribution in [0.15, 0.2) is 24.3 Å². The van der Waals surface area contributed by atoms with Crippen molar-refractivity contribution in [2.45, 2.75) is 19.9 Å². The maximum atomic E-state index is 12.1. The van der Waals surface area contributed by atoms with Gasteiger partial charge in [-0.2, -0.15) is 0 Å². The number of nitrogens with two attached hydrogens (primary N) is 1. The Bertz CT molecular complexity index is 399. The van der Waals surface area contributed by atoms with Crippen molar-refractivity contribution in [2.24, 2.45) is 17.6 Å². The van der Waals surface area contributed by atoms with E-state index in [1.807, 2.05) is 36.2 Å². The molecule has 2 atom stereocenters. The van der Waals surface area contributed by atoms with E-state index in [0.29, 0.717) is 12.5 Å². The van der Waals surface area contributed by atoms with Gasteiger partial charge in [0.2, 0.25) is 0 Å². The number of hydrogen-bond donors (Lipinski definition) is 1. The van der Waals surface area contributed by atoms with Gasteiger partial charge in [-0.3, -0.25) is 4.79 Å². The molecule has 0 bridgehead atoms. The van der Waals surface area contributed by atoms with Gasteiger partial charge in [-0.05, 0) is 36.0 Å². The smallest absolute Gasteiger partial charge is 0.253 e. The Kier molecular flexibility index (Phi) is 3.48. The topological polar surface area (TPSA) is 46.3 Å². The Morgan fingerprint density at radius 3 is 2.47 bits per heavy atom. The lowest BCUT2D eigenvalue weighted by molar-refractivity contribution is 0.0787. The first-order valence-electron chi connectivity index (χ1n) is 6.16. The summed E-state index contributed by atoms with van der Waals surface area (Å²) in [6.45, 7) is 3.63. The molecule has 17 heavy (non-hydrogen) atoms. The summed E-state index contributed by atoms with van der Waals surface area (Å²) in [6, 6.07) is 7.55. The van der Waals surface area contributed by atoms with Gasteiger partial charge < -0.3 is 10.6 Å². The predicted molar refractivity (Wildman–Crippen MR) is 68.6 cm³/mol. The maximum Gasteiger partial charge on any atom is 0.253 e. The number of rotatable bonds is 4. The van der Waals surface area contributed by atoms with Crippen molar-refractivity contribution in [1.29, 1.82) is 0 Å². The van der Waals surface area contributed by atoms with Crippen LogP contribution >= 0.6 is 0 Å². The third-order valence-corrected chi connectivity index (χ3v) is 3.57.